The van der Waals surface area contributed by atoms with Gasteiger partial charge in [0, 0.05) is 29.9 Å². The van der Waals surface area contributed by atoms with Gasteiger partial charge >= 0.3 is 5.97 Å². The van der Waals surface area contributed by atoms with Crippen LogP contribution < -0.4 is 0 Å². The van der Waals surface area contributed by atoms with Gasteiger partial charge in [0.05, 0.1) is 16.8 Å². The van der Waals surface area contributed by atoms with Crippen LogP contribution in [0.4, 0.5) is 0 Å². The molecule has 0 fully saturated rings. The number of aromatic carboxylic acids is 1. The lowest BCUT2D eigenvalue weighted by molar-refractivity contribution is 0.0696. The van der Waals surface area contributed by atoms with Crippen LogP contribution in [-0.2, 0) is 7.05 Å². The van der Waals surface area contributed by atoms with Crippen molar-refractivity contribution in [3.05, 3.63) is 47.8 Å². The molecule has 0 radical (unpaired) electrons. The van der Waals surface area contributed by atoms with Crippen molar-refractivity contribution in [3.63, 3.8) is 0 Å². The monoisotopic (exact) mass is 282 g/mol. The fourth-order valence-electron chi connectivity index (χ4n) is 2.61. The molecule has 0 aliphatic rings. The molecule has 2 heterocycles. The number of para-hydroxylation sites is 1. The number of rotatable bonds is 2. The molecule has 2 N–H and O–H groups in total. The van der Waals surface area contributed by atoms with Crippen molar-refractivity contribution in [3.8, 4) is 17.0 Å². The van der Waals surface area contributed by atoms with E-state index in [4.69, 9.17) is 5.11 Å². The van der Waals surface area contributed by atoms with E-state index >= 15 is 0 Å². The third-order valence-electron chi connectivity index (χ3n) is 3.75. The first-order valence-electron chi connectivity index (χ1n) is 6.47. The minimum absolute atomic E-state index is 0.152. The van der Waals surface area contributed by atoms with Gasteiger partial charge < -0.3 is 14.8 Å². The lowest BCUT2D eigenvalue weighted by Gasteiger charge is -2.02. The minimum atomic E-state index is -0.999. The van der Waals surface area contributed by atoms with Crippen LogP contribution >= 0.6 is 0 Å². The number of phenols is 1. The maximum Gasteiger partial charge on any atom is 0.337 e. The predicted octanol–water partition coefficient (Wildman–Crippen LogP) is 2.95. The first kappa shape index (κ1) is 13.2. The molecule has 0 saturated heterocycles. The highest BCUT2D eigenvalue weighted by atomic mass is 16.4. The third-order valence-corrected chi connectivity index (χ3v) is 3.75. The van der Waals surface area contributed by atoms with E-state index in [-0.39, 0.29) is 11.3 Å². The lowest BCUT2D eigenvalue weighted by Crippen LogP contribution is -1.97. The Hall–Kier alpha value is -2.82. The van der Waals surface area contributed by atoms with Gasteiger partial charge in [0.1, 0.15) is 5.75 Å². The molecule has 3 aromatic rings. The summed E-state index contributed by atoms with van der Waals surface area (Å²) in [5.74, 6) is -0.784. The van der Waals surface area contributed by atoms with Crippen LogP contribution in [0.25, 0.3) is 22.2 Å². The normalized spacial score (nSPS) is 11.0. The molecular formula is C16H14N2O3. The molecular weight excluding hydrogens is 268 g/mol. The number of hydrogen-bond donors (Lipinski definition) is 2. The summed E-state index contributed by atoms with van der Waals surface area (Å²) in [7, 11) is 1.88. The fraction of sp³-hybridized carbons (Fsp3) is 0.125. The number of aromatic hydroxyl groups is 1. The van der Waals surface area contributed by atoms with Gasteiger partial charge in [-0.25, -0.2) is 4.79 Å². The van der Waals surface area contributed by atoms with E-state index in [0.29, 0.717) is 5.69 Å². The fourth-order valence-corrected chi connectivity index (χ4v) is 2.61. The van der Waals surface area contributed by atoms with E-state index in [9.17, 15) is 9.90 Å². The van der Waals surface area contributed by atoms with Gasteiger partial charge in [-0.15, -0.1) is 0 Å². The molecule has 5 heteroatoms. The van der Waals surface area contributed by atoms with E-state index in [1.807, 2.05) is 24.6 Å². The van der Waals surface area contributed by atoms with Crippen LogP contribution in [0.1, 0.15) is 16.1 Å². The van der Waals surface area contributed by atoms with Gasteiger partial charge in [0.2, 0.25) is 0 Å². The number of hydrogen-bond acceptors (Lipinski definition) is 3. The number of pyridine rings is 1. The Morgan fingerprint density at radius 2 is 2.00 bits per heavy atom. The van der Waals surface area contributed by atoms with E-state index < -0.39 is 5.97 Å². The first-order chi connectivity index (χ1) is 10.0. The molecule has 0 saturated carbocycles. The van der Waals surface area contributed by atoms with E-state index in [1.165, 1.54) is 12.3 Å². The van der Waals surface area contributed by atoms with E-state index in [2.05, 4.69) is 4.98 Å². The Bertz CT molecular complexity index is 848. The van der Waals surface area contributed by atoms with Gasteiger partial charge in [-0.3, -0.25) is 4.98 Å². The van der Waals surface area contributed by atoms with Crippen LogP contribution in [0.2, 0.25) is 0 Å². The van der Waals surface area contributed by atoms with Crippen molar-refractivity contribution in [1.29, 1.82) is 0 Å². The molecule has 2 aromatic heterocycles. The molecule has 0 aliphatic heterocycles. The second kappa shape index (κ2) is 4.63. The van der Waals surface area contributed by atoms with E-state index in [0.717, 1.165) is 22.2 Å². The number of benzene rings is 1. The van der Waals surface area contributed by atoms with Crippen LogP contribution in [0.3, 0.4) is 0 Å². The number of aryl methyl sites for hydroxylation is 1. The number of nitrogens with zero attached hydrogens (tertiary/aromatic N) is 2. The summed E-state index contributed by atoms with van der Waals surface area (Å²) in [6.45, 7) is 1.95. The molecule has 0 spiro atoms. The second-order valence-electron chi connectivity index (χ2n) is 4.93. The molecule has 0 aliphatic carbocycles. The average Bonchev–Trinajstić information content (AvgIpc) is 2.72. The zero-order chi connectivity index (χ0) is 15.1. The summed E-state index contributed by atoms with van der Waals surface area (Å²) >= 11 is 0. The molecule has 0 bridgehead atoms. The van der Waals surface area contributed by atoms with Crippen LogP contribution in [0, 0.1) is 6.92 Å². The summed E-state index contributed by atoms with van der Waals surface area (Å²) < 4.78 is 1.91. The maximum absolute atomic E-state index is 10.9. The summed E-state index contributed by atoms with van der Waals surface area (Å²) in [5.41, 5.74) is 3.45. The number of fused-ring (bicyclic) bond motifs is 1. The van der Waals surface area contributed by atoms with E-state index in [1.54, 1.807) is 18.2 Å². The summed E-state index contributed by atoms with van der Waals surface area (Å²) in [5, 5.41) is 19.9. The molecule has 1 aromatic carbocycles. The smallest absolute Gasteiger partial charge is 0.337 e. The standard InChI is InChI=1S/C16H14N2O3/c1-9-14(12-7-6-10(8-17-12)16(20)21)11-4-3-5-13(19)15(11)18(9)2/h3-8,19H,1-2H3,(H,20,21). The van der Waals surface area contributed by atoms with Crippen LogP contribution in [0.15, 0.2) is 36.5 Å². The highest BCUT2D eigenvalue weighted by Gasteiger charge is 2.17. The summed E-state index contributed by atoms with van der Waals surface area (Å²) in [6, 6.07) is 8.57. The molecule has 0 amide bonds. The van der Waals surface area contributed by atoms with Crippen molar-refractivity contribution in [1.82, 2.24) is 9.55 Å². The highest BCUT2D eigenvalue weighted by Crippen LogP contribution is 2.36. The van der Waals surface area contributed by atoms with Gasteiger partial charge in [-0.05, 0) is 25.1 Å². The zero-order valence-electron chi connectivity index (χ0n) is 11.7. The topological polar surface area (TPSA) is 75.3 Å². The van der Waals surface area contributed by atoms with Gasteiger partial charge in [-0.2, -0.15) is 0 Å². The molecule has 106 valence electrons. The Balaban J connectivity index is 2.27. The Morgan fingerprint density at radius 3 is 2.62 bits per heavy atom. The highest BCUT2D eigenvalue weighted by molar-refractivity contribution is 6.00. The van der Waals surface area contributed by atoms with Crippen molar-refractivity contribution in [2.75, 3.05) is 0 Å². The van der Waals surface area contributed by atoms with Gasteiger partial charge in [0.15, 0.2) is 0 Å². The van der Waals surface area contributed by atoms with Crippen molar-refractivity contribution < 1.29 is 15.0 Å². The number of carbonyl (C=O) groups is 1. The predicted molar refractivity (Wildman–Crippen MR) is 79.5 cm³/mol. The number of phenolic OH excluding ortho intramolecular Hbond substituents is 1. The first-order valence-corrected chi connectivity index (χ1v) is 6.47. The molecule has 21 heavy (non-hydrogen) atoms. The third kappa shape index (κ3) is 1.94. The Kier molecular flexibility index (Phi) is 2.90. The van der Waals surface area contributed by atoms with Gasteiger partial charge in [0.25, 0.3) is 0 Å². The number of aromatic nitrogens is 2. The lowest BCUT2D eigenvalue weighted by atomic mass is 10.1. The minimum Gasteiger partial charge on any atom is -0.506 e. The van der Waals surface area contributed by atoms with Crippen LogP contribution in [0.5, 0.6) is 5.75 Å². The molecule has 0 unspecified atom stereocenters. The quantitative estimate of drug-likeness (QED) is 0.757. The SMILES string of the molecule is Cc1c(-c2ccc(C(=O)O)cn2)c2cccc(O)c2n1C. The average molecular weight is 282 g/mol. The summed E-state index contributed by atoms with van der Waals surface area (Å²) in [6.07, 6.45) is 1.35. The Labute approximate surface area is 121 Å². The van der Waals surface area contributed by atoms with Crippen molar-refractivity contribution in [2.24, 2.45) is 7.05 Å². The van der Waals surface area contributed by atoms with Gasteiger partial charge in [-0.1, -0.05) is 12.1 Å². The zero-order valence-corrected chi connectivity index (χ0v) is 11.7. The Morgan fingerprint density at radius 1 is 1.24 bits per heavy atom. The largest absolute Gasteiger partial charge is 0.506 e. The molecule has 5 nitrogen and oxygen atoms in total. The molecule has 3 rings (SSSR count). The van der Waals surface area contributed by atoms with Crippen molar-refractivity contribution in [2.45, 2.75) is 6.92 Å². The molecule has 0 atom stereocenters. The number of carboxylic acid groups (broad SMARTS) is 1. The summed E-state index contributed by atoms with van der Waals surface area (Å²) in [4.78, 5) is 15.1. The maximum atomic E-state index is 10.9. The second-order valence-corrected chi connectivity index (χ2v) is 4.93. The van der Waals surface area contributed by atoms with Crippen molar-refractivity contribution >= 4 is 16.9 Å². The number of carboxylic acids is 1. The van der Waals surface area contributed by atoms with Crippen LogP contribution in [-0.4, -0.2) is 25.7 Å².